The molecule has 0 saturated carbocycles. The Morgan fingerprint density at radius 3 is 2.86 bits per heavy atom. The molecule has 22 heavy (non-hydrogen) atoms. The molecule has 1 amide bonds. The number of aryl methyl sites for hydroxylation is 2. The van der Waals surface area contributed by atoms with Crippen molar-refractivity contribution in [2.75, 3.05) is 6.61 Å². The summed E-state index contributed by atoms with van der Waals surface area (Å²) in [4.78, 5) is 22.5. The molecule has 1 fully saturated rings. The highest BCUT2D eigenvalue weighted by Gasteiger charge is 2.24. The molecule has 0 aliphatic carbocycles. The smallest absolute Gasteiger partial charge is 0.312 e. The number of ether oxygens (including phenoxy) is 1. The fourth-order valence-corrected chi connectivity index (χ4v) is 2.79. The molecular formula is C14H22N4O4. The van der Waals surface area contributed by atoms with E-state index in [0.29, 0.717) is 17.9 Å². The lowest BCUT2D eigenvalue weighted by molar-refractivity contribution is -0.386. The first-order valence-corrected chi connectivity index (χ1v) is 7.49. The van der Waals surface area contributed by atoms with Crippen LogP contribution in [0.5, 0.6) is 0 Å². The van der Waals surface area contributed by atoms with E-state index < -0.39 is 4.92 Å². The molecule has 1 saturated heterocycles. The van der Waals surface area contributed by atoms with Crippen LogP contribution in [0.3, 0.4) is 0 Å². The van der Waals surface area contributed by atoms with Gasteiger partial charge in [-0.05, 0) is 33.6 Å². The van der Waals surface area contributed by atoms with Gasteiger partial charge < -0.3 is 10.1 Å². The number of nitrogens with one attached hydrogen (secondary N) is 1. The van der Waals surface area contributed by atoms with E-state index in [1.165, 1.54) is 4.68 Å². The number of rotatable bonds is 6. The van der Waals surface area contributed by atoms with Crippen LogP contribution in [-0.4, -0.2) is 39.4 Å². The standard InChI is InChI=1S/C14H22N4O4/c1-9(12-5-4-8-22-12)15-13(19)6-7-17-11(3)14(18(20)21)10(2)16-17/h9,12H,4-8H2,1-3H3,(H,15,19). The molecule has 8 nitrogen and oxygen atoms in total. The van der Waals surface area contributed by atoms with Crippen molar-refractivity contribution in [1.29, 1.82) is 0 Å². The molecule has 2 atom stereocenters. The van der Waals surface area contributed by atoms with Gasteiger partial charge in [0.25, 0.3) is 0 Å². The monoisotopic (exact) mass is 310 g/mol. The Balaban J connectivity index is 1.88. The van der Waals surface area contributed by atoms with Gasteiger partial charge in [0.2, 0.25) is 5.91 Å². The van der Waals surface area contributed by atoms with Crippen LogP contribution >= 0.6 is 0 Å². The highest BCUT2D eigenvalue weighted by atomic mass is 16.6. The average molecular weight is 310 g/mol. The van der Waals surface area contributed by atoms with Crippen LogP contribution in [0.2, 0.25) is 0 Å². The van der Waals surface area contributed by atoms with Gasteiger partial charge in [0, 0.05) is 13.0 Å². The molecule has 8 heteroatoms. The Kier molecular flexibility index (Phi) is 5.12. The SMILES string of the molecule is Cc1nn(CCC(=O)NC(C)C2CCCO2)c(C)c1[N+](=O)[O-]. The number of aromatic nitrogens is 2. The van der Waals surface area contributed by atoms with Crippen molar-refractivity contribution in [2.45, 2.75) is 58.7 Å². The molecule has 0 bridgehead atoms. The van der Waals surface area contributed by atoms with E-state index in [0.717, 1.165) is 19.4 Å². The molecule has 1 aliphatic heterocycles. The maximum Gasteiger partial charge on any atom is 0.312 e. The van der Waals surface area contributed by atoms with Gasteiger partial charge in [-0.25, -0.2) is 0 Å². The number of hydrogen-bond acceptors (Lipinski definition) is 5. The molecule has 1 N–H and O–H groups in total. The second-order valence-corrected chi connectivity index (χ2v) is 5.66. The summed E-state index contributed by atoms with van der Waals surface area (Å²) in [5, 5.41) is 18.0. The van der Waals surface area contributed by atoms with Gasteiger partial charge in [0.1, 0.15) is 11.4 Å². The van der Waals surface area contributed by atoms with Gasteiger partial charge >= 0.3 is 5.69 Å². The molecule has 1 aliphatic rings. The quantitative estimate of drug-likeness (QED) is 0.634. The summed E-state index contributed by atoms with van der Waals surface area (Å²) < 4.78 is 7.05. The van der Waals surface area contributed by atoms with Crippen LogP contribution < -0.4 is 5.32 Å². The normalized spacial score (nSPS) is 19.1. The summed E-state index contributed by atoms with van der Waals surface area (Å²) in [6.07, 6.45) is 2.31. The first kappa shape index (κ1) is 16.4. The number of hydrogen-bond donors (Lipinski definition) is 1. The lowest BCUT2D eigenvalue weighted by atomic mass is 10.1. The Labute approximate surface area is 129 Å². The van der Waals surface area contributed by atoms with Gasteiger partial charge in [0.15, 0.2) is 0 Å². The first-order chi connectivity index (χ1) is 10.4. The summed E-state index contributed by atoms with van der Waals surface area (Å²) in [5.74, 6) is -0.0989. The van der Waals surface area contributed by atoms with E-state index in [9.17, 15) is 14.9 Å². The van der Waals surface area contributed by atoms with Crippen LogP contribution in [0, 0.1) is 24.0 Å². The molecule has 2 unspecified atom stereocenters. The largest absolute Gasteiger partial charge is 0.376 e. The maximum absolute atomic E-state index is 12.0. The highest BCUT2D eigenvalue weighted by molar-refractivity contribution is 5.76. The number of amides is 1. The molecule has 2 heterocycles. The Bertz CT molecular complexity index is 563. The first-order valence-electron chi connectivity index (χ1n) is 7.49. The Morgan fingerprint density at radius 2 is 2.32 bits per heavy atom. The lowest BCUT2D eigenvalue weighted by Crippen LogP contribution is -2.41. The van der Waals surface area contributed by atoms with Crippen LogP contribution in [0.25, 0.3) is 0 Å². The summed E-state index contributed by atoms with van der Waals surface area (Å²) in [6, 6.07) is -0.0233. The predicted octanol–water partition coefficient (Wildman–Crippen LogP) is 1.48. The topological polar surface area (TPSA) is 99.3 Å². The van der Waals surface area contributed by atoms with E-state index in [1.807, 2.05) is 6.92 Å². The van der Waals surface area contributed by atoms with Crippen LogP contribution in [-0.2, 0) is 16.1 Å². The number of nitrogens with zero attached hydrogens (tertiary/aromatic N) is 3. The van der Waals surface area contributed by atoms with Crippen LogP contribution in [0.15, 0.2) is 0 Å². The minimum atomic E-state index is -0.437. The third-order valence-corrected chi connectivity index (χ3v) is 3.99. The Hall–Kier alpha value is -1.96. The highest BCUT2D eigenvalue weighted by Crippen LogP contribution is 2.22. The van der Waals surface area contributed by atoms with Crippen molar-refractivity contribution < 1.29 is 14.5 Å². The van der Waals surface area contributed by atoms with E-state index in [-0.39, 0.29) is 30.2 Å². The molecule has 0 aromatic carbocycles. The fourth-order valence-electron chi connectivity index (χ4n) is 2.79. The van der Waals surface area contributed by atoms with Gasteiger partial charge in [0.05, 0.1) is 23.6 Å². The summed E-state index contributed by atoms with van der Waals surface area (Å²) in [7, 11) is 0. The van der Waals surface area contributed by atoms with Crippen molar-refractivity contribution in [3.8, 4) is 0 Å². The van der Waals surface area contributed by atoms with Crippen molar-refractivity contribution in [1.82, 2.24) is 15.1 Å². The molecule has 1 aromatic rings. The maximum atomic E-state index is 12.0. The molecular weight excluding hydrogens is 288 g/mol. The summed E-state index contributed by atoms with van der Waals surface area (Å²) in [5.41, 5.74) is 0.867. The number of nitro groups is 1. The van der Waals surface area contributed by atoms with E-state index >= 15 is 0 Å². The van der Waals surface area contributed by atoms with Crippen molar-refractivity contribution >= 4 is 11.6 Å². The molecule has 122 valence electrons. The summed E-state index contributed by atoms with van der Waals surface area (Å²) in [6.45, 7) is 6.25. The second-order valence-electron chi connectivity index (χ2n) is 5.66. The van der Waals surface area contributed by atoms with Crippen LogP contribution in [0.1, 0.15) is 37.6 Å². The lowest BCUT2D eigenvalue weighted by Gasteiger charge is -2.20. The fraction of sp³-hybridized carbons (Fsp3) is 0.714. The number of carbonyl (C=O) groups excluding carboxylic acids is 1. The number of carbonyl (C=O) groups is 1. The van der Waals surface area contributed by atoms with Gasteiger partial charge in [-0.2, -0.15) is 5.10 Å². The molecule has 0 spiro atoms. The van der Waals surface area contributed by atoms with Gasteiger partial charge in [-0.1, -0.05) is 0 Å². The third-order valence-electron chi connectivity index (χ3n) is 3.99. The predicted molar refractivity (Wildman–Crippen MR) is 79.6 cm³/mol. The van der Waals surface area contributed by atoms with Crippen molar-refractivity contribution in [2.24, 2.45) is 0 Å². The van der Waals surface area contributed by atoms with Gasteiger partial charge in [-0.3, -0.25) is 19.6 Å². The zero-order valence-corrected chi connectivity index (χ0v) is 13.2. The zero-order chi connectivity index (χ0) is 16.3. The minimum Gasteiger partial charge on any atom is -0.376 e. The van der Waals surface area contributed by atoms with Gasteiger partial charge in [-0.15, -0.1) is 0 Å². The molecule has 1 aromatic heterocycles. The minimum absolute atomic E-state index is 0.0214. The van der Waals surface area contributed by atoms with E-state index in [2.05, 4.69) is 10.4 Å². The third kappa shape index (κ3) is 3.62. The second kappa shape index (κ2) is 6.87. The molecule has 2 rings (SSSR count). The summed E-state index contributed by atoms with van der Waals surface area (Å²) >= 11 is 0. The Morgan fingerprint density at radius 1 is 1.59 bits per heavy atom. The van der Waals surface area contributed by atoms with Crippen molar-refractivity contribution in [3.05, 3.63) is 21.5 Å². The molecule has 0 radical (unpaired) electrons. The van der Waals surface area contributed by atoms with E-state index in [1.54, 1.807) is 13.8 Å². The van der Waals surface area contributed by atoms with E-state index in [4.69, 9.17) is 4.74 Å². The average Bonchev–Trinajstić information content (AvgIpc) is 3.04. The zero-order valence-electron chi connectivity index (χ0n) is 13.2. The van der Waals surface area contributed by atoms with Crippen molar-refractivity contribution in [3.63, 3.8) is 0 Å². The van der Waals surface area contributed by atoms with Crippen LogP contribution in [0.4, 0.5) is 5.69 Å².